The molecule has 0 aliphatic heterocycles. The van der Waals surface area contributed by atoms with Gasteiger partial charge in [0, 0.05) is 0 Å². The van der Waals surface area contributed by atoms with Crippen LogP contribution in [0.5, 0.6) is 0 Å². The molecule has 0 aliphatic rings. The van der Waals surface area contributed by atoms with Crippen LogP contribution in [0.1, 0.15) is 33.8 Å². The Labute approximate surface area is 105 Å². The van der Waals surface area contributed by atoms with Gasteiger partial charge in [0.2, 0.25) is 0 Å². The first-order valence-electron chi connectivity index (χ1n) is 5.58. The Balaban J connectivity index is 2.08. The van der Waals surface area contributed by atoms with E-state index >= 15 is 0 Å². The number of carbonyl (C=O) groups is 1. The van der Waals surface area contributed by atoms with Crippen LogP contribution in [0.25, 0.3) is 0 Å². The summed E-state index contributed by atoms with van der Waals surface area (Å²) in [6, 6.07) is 12.0. The molecule has 17 heavy (non-hydrogen) atoms. The van der Waals surface area contributed by atoms with Crippen molar-refractivity contribution in [2.24, 2.45) is 0 Å². The molecule has 1 aromatic heterocycles. The SMILES string of the molecule is Cc1ccsc1C(=O)N[C@@H](C)c1ccccc1. The Bertz CT molecular complexity index is 504. The lowest BCUT2D eigenvalue weighted by Crippen LogP contribution is -2.26. The fourth-order valence-corrected chi connectivity index (χ4v) is 2.52. The monoisotopic (exact) mass is 245 g/mol. The largest absolute Gasteiger partial charge is 0.345 e. The average molecular weight is 245 g/mol. The highest BCUT2D eigenvalue weighted by Gasteiger charge is 2.13. The first-order chi connectivity index (χ1) is 8.18. The Morgan fingerprint density at radius 3 is 2.53 bits per heavy atom. The van der Waals surface area contributed by atoms with Gasteiger partial charge in [-0.25, -0.2) is 0 Å². The van der Waals surface area contributed by atoms with Gasteiger partial charge in [-0.1, -0.05) is 30.3 Å². The molecule has 0 spiro atoms. The highest BCUT2D eigenvalue weighted by atomic mass is 32.1. The maximum atomic E-state index is 12.0. The molecule has 3 heteroatoms. The summed E-state index contributed by atoms with van der Waals surface area (Å²) in [5.74, 6) is 0.00820. The Morgan fingerprint density at radius 1 is 1.24 bits per heavy atom. The topological polar surface area (TPSA) is 29.1 Å². The molecule has 0 bridgehead atoms. The van der Waals surface area contributed by atoms with Crippen LogP contribution >= 0.6 is 11.3 Å². The van der Waals surface area contributed by atoms with E-state index in [1.807, 2.05) is 55.6 Å². The lowest BCUT2D eigenvalue weighted by atomic mass is 10.1. The molecule has 2 rings (SSSR count). The molecule has 1 aromatic carbocycles. The van der Waals surface area contributed by atoms with E-state index in [2.05, 4.69) is 5.32 Å². The Hall–Kier alpha value is -1.61. The van der Waals surface area contributed by atoms with E-state index in [4.69, 9.17) is 0 Å². The molecule has 1 atom stereocenters. The van der Waals surface area contributed by atoms with Crippen LogP contribution in [0, 0.1) is 6.92 Å². The highest BCUT2D eigenvalue weighted by molar-refractivity contribution is 7.12. The van der Waals surface area contributed by atoms with Crippen LogP contribution < -0.4 is 5.32 Å². The zero-order chi connectivity index (χ0) is 12.3. The van der Waals surface area contributed by atoms with Gasteiger partial charge in [-0.2, -0.15) is 0 Å². The van der Waals surface area contributed by atoms with Crippen LogP contribution in [0.4, 0.5) is 0 Å². The molecular formula is C14H15NOS. The van der Waals surface area contributed by atoms with E-state index < -0.39 is 0 Å². The molecule has 1 amide bonds. The van der Waals surface area contributed by atoms with Gasteiger partial charge in [-0.15, -0.1) is 11.3 Å². The predicted octanol–water partition coefficient (Wildman–Crippen LogP) is 3.55. The van der Waals surface area contributed by atoms with Gasteiger partial charge < -0.3 is 5.32 Å². The molecule has 0 radical (unpaired) electrons. The van der Waals surface area contributed by atoms with Crippen molar-refractivity contribution < 1.29 is 4.79 Å². The number of rotatable bonds is 3. The van der Waals surface area contributed by atoms with Gasteiger partial charge in [0.15, 0.2) is 0 Å². The van der Waals surface area contributed by atoms with Gasteiger partial charge in [0.1, 0.15) is 0 Å². The van der Waals surface area contributed by atoms with Crippen LogP contribution in [0.15, 0.2) is 41.8 Å². The first kappa shape index (κ1) is 11.9. The van der Waals surface area contributed by atoms with E-state index in [9.17, 15) is 4.79 Å². The van der Waals surface area contributed by atoms with Gasteiger partial charge in [-0.05, 0) is 36.4 Å². The fourth-order valence-electron chi connectivity index (χ4n) is 1.69. The third-order valence-corrected chi connectivity index (χ3v) is 3.73. The maximum Gasteiger partial charge on any atom is 0.262 e. The molecule has 88 valence electrons. The average Bonchev–Trinajstić information content (AvgIpc) is 2.76. The normalized spacial score (nSPS) is 12.1. The number of thiophene rings is 1. The Morgan fingerprint density at radius 2 is 1.94 bits per heavy atom. The minimum Gasteiger partial charge on any atom is -0.345 e. The van der Waals surface area contributed by atoms with Crippen molar-refractivity contribution >= 4 is 17.2 Å². The lowest BCUT2D eigenvalue weighted by Gasteiger charge is -2.13. The summed E-state index contributed by atoms with van der Waals surface area (Å²) in [6.45, 7) is 3.95. The van der Waals surface area contributed by atoms with E-state index in [1.54, 1.807) is 0 Å². The van der Waals surface area contributed by atoms with Crippen molar-refractivity contribution in [2.75, 3.05) is 0 Å². The predicted molar refractivity (Wildman–Crippen MR) is 71.4 cm³/mol. The van der Waals surface area contributed by atoms with Gasteiger partial charge >= 0.3 is 0 Å². The van der Waals surface area contributed by atoms with Gasteiger partial charge in [0.25, 0.3) is 5.91 Å². The van der Waals surface area contributed by atoms with Crippen molar-refractivity contribution in [1.29, 1.82) is 0 Å². The number of amides is 1. The van der Waals surface area contributed by atoms with Crippen molar-refractivity contribution in [3.8, 4) is 0 Å². The molecule has 0 saturated carbocycles. The number of hydrogen-bond donors (Lipinski definition) is 1. The van der Waals surface area contributed by atoms with E-state index in [1.165, 1.54) is 11.3 Å². The third kappa shape index (κ3) is 2.74. The van der Waals surface area contributed by atoms with Crippen LogP contribution in [-0.2, 0) is 0 Å². The molecule has 1 N–H and O–H groups in total. The molecule has 2 aromatic rings. The second-order valence-electron chi connectivity index (χ2n) is 4.04. The van der Waals surface area contributed by atoms with Crippen molar-refractivity contribution in [2.45, 2.75) is 19.9 Å². The summed E-state index contributed by atoms with van der Waals surface area (Å²) in [5.41, 5.74) is 2.16. The van der Waals surface area contributed by atoms with Gasteiger partial charge in [0.05, 0.1) is 10.9 Å². The molecular weight excluding hydrogens is 230 g/mol. The zero-order valence-electron chi connectivity index (χ0n) is 9.94. The first-order valence-corrected chi connectivity index (χ1v) is 6.46. The van der Waals surface area contributed by atoms with E-state index in [0.29, 0.717) is 0 Å². The van der Waals surface area contributed by atoms with Crippen molar-refractivity contribution in [3.05, 3.63) is 57.8 Å². The molecule has 0 saturated heterocycles. The molecule has 0 unspecified atom stereocenters. The number of carbonyl (C=O) groups excluding carboxylic acids is 1. The maximum absolute atomic E-state index is 12.0. The summed E-state index contributed by atoms with van der Waals surface area (Å²) in [7, 11) is 0. The fraction of sp³-hybridized carbons (Fsp3) is 0.214. The van der Waals surface area contributed by atoms with Crippen LogP contribution in [0.3, 0.4) is 0 Å². The minimum absolute atomic E-state index is 0.00820. The summed E-state index contributed by atoms with van der Waals surface area (Å²) >= 11 is 1.48. The number of hydrogen-bond acceptors (Lipinski definition) is 2. The van der Waals surface area contributed by atoms with Gasteiger partial charge in [-0.3, -0.25) is 4.79 Å². The number of benzene rings is 1. The standard InChI is InChI=1S/C14H15NOS/c1-10-8-9-17-13(10)14(16)15-11(2)12-6-4-3-5-7-12/h3-9,11H,1-2H3,(H,15,16)/t11-/m0/s1. The number of aryl methyl sites for hydroxylation is 1. The molecule has 0 aliphatic carbocycles. The highest BCUT2D eigenvalue weighted by Crippen LogP contribution is 2.18. The smallest absolute Gasteiger partial charge is 0.262 e. The quantitative estimate of drug-likeness (QED) is 0.880. The summed E-state index contributed by atoms with van der Waals surface area (Å²) < 4.78 is 0. The second-order valence-corrected chi connectivity index (χ2v) is 4.95. The lowest BCUT2D eigenvalue weighted by molar-refractivity contribution is 0.0943. The van der Waals surface area contributed by atoms with Crippen molar-refractivity contribution in [1.82, 2.24) is 5.32 Å². The van der Waals surface area contributed by atoms with E-state index in [-0.39, 0.29) is 11.9 Å². The third-order valence-electron chi connectivity index (χ3n) is 2.72. The Kier molecular flexibility index (Phi) is 3.59. The summed E-state index contributed by atoms with van der Waals surface area (Å²) in [4.78, 5) is 12.8. The zero-order valence-corrected chi connectivity index (χ0v) is 10.8. The minimum atomic E-state index is 0.00820. The van der Waals surface area contributed by atoms with E-state index in [0.717, 1.165) is 16.0 Å². The second kappa shape index (κ2) is 5.15. The van der Waals surface area contributed by atoms with Crippen molar-refractivity contribution in [3.63, 3.8) is 0 Å². The molecule has 2 nitrogen and oxygen atoms in total. The van der Waals surface area contributed by atoms with Crippen LogP contribution in [-0.4, -0.2) is 5.91 Å². The molecule has 0 fully saturated rings. The summed E-state index contributed by atoms with van der Waals surface area (Å²) in [5, 5.41) is 4.95. The molecule has 1 heterocycles. The van der Waals surface area contributed by atoms with Crippen LogP contribution in [0.2, 0.25) is 0 Å². The number of nitrogens with one attached hydrogen (secondary N) is 1. The summed E-state index contributed by atoms with van der Waals surface area (Å²) in [6.07, 6.45) is 0.